The average molecular weight is 1600 g/mol. The normalized spacial score (nSPS) is 31.7. The Kier molecular flexibility index (Phi) is 25.5. The van der Waals surface area contributed by atoms with Crippen molar-refractivity contribution in [2.75, 3.05) is 13.7 Å². The van der Waals surface area contributed by atoms with E-state index in [0.717, 1.165) is 48.5 Å². The molecule has 0 saturated carbocycles. The fourth-order valence-corrected chi connectivity index (χ4v) is 14.8. The Balaban J connectivity index is 1.19. The van der Waals surface area contributed by atoms with Gasteiger partial charge in [-0.15, -0.1) is 0 Å². The van der Waals surface area contributed by atoms with Gasteiger partial charge in [0.15, 0.2) is 30.2 Å². The number of rotatable bonds is 16. The van der Waals surface area contributed by atoms with Crippen molar-refractivity contribution in [3.63, 3.8) is 0 Å². The average Bonchev–Trinajstić information content (AvgIpc) is 0.765. The summed E-state index contributed by atoms with van der Waals surface area (Å²) < 4.78 is 52.0. The molecule has 0 radical (unpaired) electrons. The van der Waals surface area contributed by atoms with E-state index in [9.17, 15) is 60.3 Å². The third kappa shape index (κ3) is 18.5. The number of benzene rings is 5. The van der Waals surface area contributed by atoms with Gasteiger partial charge in [-0.25, -0.2) is 0 Å². The number of aliphatic hydroxyl groups excluding tert-OH is 6. The molecule has 8 heterocycles. The molecule has 3 saturated heterocycles. The minimum Gasteiger partial charge on any atom is -0.508 e. The summed E-state index contributed by atoms with van der Waals surface area (Å²) in [5.41, 5.74) is 14.3. The first-order valence-electron chi connectivity index (χ1n) is 36.7. The molecular weight excluding hydrogens is 1500 g/mol. The lowest BCUT2D eigenvalue weighted by molar-refractivity contribution is -0.333. The predicted molar refractivity (Wildman–Crippen MR) is 396 cm³/mol. The monoisotopic (exact) mass is 1600 g/mol. The quantitative estimate of drug-likeness (QED) is 0.0624. The van der Waals surface area contributed by atoms with Crippen molar-refractivity contribution in [2.24, 2.45) is 23.1 Å². The van der Waals surface area contributed by atoms with Crippen LogP contribution in [0, 0.1) is 5.92 Å². The molecule has 37 heteroatoms. The summed E-state index contributed by atoms with van der Waals surface area (Å²) >= 11 is 7.16. The molecule has 0 aromatic heterocycles. The van der Waals surface area contributed by atoms with E-state index < -0.39 is 245 Å². The van der Waals surface area contributed by atoms with Crippen molar-refractivity contribution in [1.29, 1.82) is 0 Å². The number of likely N-dealkylation sites (N-methyl/N-ethyl adjacent to an activating group) is 1. The van der Waals surface area contributed by atoms with E-state index in [1.54, 1.807) is 13.8 Å². The molecule has 36 nitrogen and oxygen atoms in total. The van der Waals surface area contributed by atoms with E-state index in [2.05, 4.69) is 42.5 Å². The van der Waals surface area contributed by atoms with E-state index in [1.807, 2.05) is 13.8 Å². The third-order valence-corrected chi connectivity index (χ3v) is 20.8. The van der Waals surface area contributed by atoms with Crippen LogP contribution in [-0.4, -0.2) is 216 Å². The standard InChI is InChI=1S/C76H96ClN11O25/c1-29(2)18-42(81-9)67(99)87-57-59(94)35-13-17-46(41(77)20-35)109-48-22-36-21-47(63(48)113-74-64(61(96)60(95)49(28-89)110-74)112-52-27-76(8,80)66(98)32(6)107-52)108-38-14-10-33(11-15-38)62(111-51-26-75(7,79)65(97)31(5)106-51)58-73(105)86-56(71(103)82-30(3)4)40-23-37(90)24-45(92)53(40)39-19-34(12-16-44(39)91)54(69(101)88-58)85-70(102)55(36)84-68(100)43(25-50(78)93)83-72(57)104/h10-17,19-24,29-32,42-43,49,51-52,54-62,64-66,74,81,89-92,94-98H,18,25-28,79-80H2,1-9H3,(H2,78,93)(H,82,103)(H,83,104)(H,84,100)(H,85,102)(H,86,105)(H,87,99)(H,88,101)/t31-,32-,42+,43-,49+,51-,52-,54+,55+,56-,57+,58-,59+,60+,61-,62+,64+,65-,66-,74-,75-,76-/m0/s1. The van der Waals surface area contributed by atoms with Crippen molar-refractivity contribution in [3.8, 4) is 57.1 Å². The first kappa shape index (κ1) is 84.3. The highest BCUT2D eigenvalue weighted by Crippen LogP contribution is 2.50. The highest BCUT2D eigenvalue weighted by Gasteiger charge is 2.52. The summed E-state index contributed by atoms with van der Waals surface area (Å²) in [6.07, 6.45) is -22.1. The van der Waals surface area contributed by atoms with Gasteiger partial charge in [0.05, 0.1) is 48.5 Å². The Labute approximate surface area is 652 Å². The van der Waals surface area contributed by atoms with E-state index in [4.69, 9.17) is 66.7 Å². The summed E-state index contributed by atoms with van der Waals surface area (Å²) in [6, 6.07) is 2.05. The van der Waals surface area contributed by atoms with Crippen LogP contribution in [0.25, 0.3) is 11.1 Å². The number of carbonyl (C=O) groups excluding carboxylic acids is 8. The molecule has 612 valence electrons. The van der Waals surface area contributed by atoms with Crippen LogP contribution in [0.3, 0.4) is 0 Å². The van der Waals surface area contributed by atoms with Crippen LogP contribution in [0.2, 0.25) is 5.02 Å². The summed E-state index contributed by atoms with van der Waals surface area (Å²) in [7, 11) is 1.48. The molecule has 5 aromatic rings. The fraction of sp³-hybridized carbons (Fsp3) is 0.500. The second kappa shape index (κ2) is 34.2. The Hall–Kier alpha value is -9.61. The van der Waals surface area contributed by atoms with Crippen LogP contribution in [-0.2, 0) is 62.0 Å². The first-order valence-corrected chi connectivity index (χ1v) is 37.1. The highest BCUT2D eigenvalue weighted by molar-refractivity contribution is 6.32. The molecule has 0 unspecified atom stereocenters. The third-order valence-electron chi connectivity index (χ3n) is 20.5. The molecule has 0 spiro atoms. The number of fused-ring (bicyclic) bond motifs is 15. The maximum absolute atomic E-state index is 16.4. The Morgan fingerprint density at radius 3 is 1.87 bits per heavy atom. The van der Waals surface area contributed by atoms with Crippen LogP contribution in [0.1, 0.15) is 139 Å². The topological polar surface area (TPSA) is 567 Å². The maximum Gasteiger partial charge on any atom is 0.248 e. The van der Waals surface area contributed by atoms with Crippen LogP contribution in [0.15, 0.2) is 84.9 Å². The summed E-state index contributed by atoms with van der Waals surface area (Å²) in [4.78, 5) is 122. The van der Waals surface area contributed by atoms with Crippen LogP contribution >= 0.6 is 11.6 Å². The van der Waals surface area contributed by atoms with Crippen molar-refractivity contribution < 1.29 is 122 Å². The molecule has 22 atom stereocenters. The first-order chi connectivity index (χ1) is 53.2. The van der Waals surface area contributed by atoms with Crippen molar-refractivity contribution in [2.45, 2.75) is 220 Å². The summed E-state index contributed by atoms with van der Waals surface area (Å²) in [6.45, 7) is 12.0. The number of aliphatic hydroxyl groups is 6. The molecule has 113 heavy (non-hydrogen) atoms. The van der Waals surface area contributed by atoms with Crippen molar-refractivity contribution in [1.82, 2.24) is 42.5 Å². The number of nitrogens with one attached hydrogen (secondary N) is 8. The number of aromatic hydroxyl groups is 3. The second-order valence-electron chi connectivity index (χ2n) is 30.5. The lowest BCUT2D eigenvalue weighted by Gasteiger charge is -2.47. The van der Waals surface area contributed by atoms with Gasteiger partial charge in [-0.1, -0.05) is 49.7 Å². The molecule has 11 bridgehead atoms. The zero-order valence-electron chi connectivity index (χ0n) is 63.0. The number of ether oxygens (including phenoxy) is 8. The molecule has 8 amide bonds. The number of nitrogens with two attached hydrogens (primary N) is 3. The minimum atomic E-state index is -2.33. The number of hydrogen-bond acceptors (Lipinski definition) is 28. The number of hydrogen-bond donors (Lipinski definition) is 20. The molecule has 0 aliphatic carbocycles. The molecule has 23 N–H and O–H groups in total. The van der Waals surface area contributed by atoms with Crippen LogP contribution in [0.4, 0.5) is 0 Å². The van der Waals surface area contributed by atoms with Gasteiger partial charge in [-0.2, -0.15) is 0 Å². The predicted octanol–water partition coefficient (Wildman–Crippen LogP) is 0.130. The molecule has 8 aliphatic rings. The number of amides is 8. The lowest BCUT2D eigenvalue weighted by Crippen LogP contribution is -2.64. The fourth-order valence-electron chi connectivity index (χ4n) is 14.6. The number of carbonyl (C=O) groups is 8. The van der Waals surface area contributed by atoms with Crippen molar-refractivity contribution >= 4 is 58.9 Å². The van der Waals surface area contributed by atoms with Crippen molar-refractivity contribution in [3.05, 3.63) is 118 Å². The molecular formula is C76H96ClN11O25. The zero-order valence-corrected chi connectivity index (χ0v) is 63.7. The second-order valence-corrected chi connectivity index (χ2v) is 30.9. The Bertz CT molecular complexity index is 4420. The van der Waals surface area contributed by atoms with Crippen LogP contribution in [0.5, 0.6) is 46.0 Å². The number of primary amides is 1. The largest absolute Gasteiger partial charge is 0.508 e. The highest BCUT2D eigenvalue weighted by atomic mass is 35.5. The molecule has 3 fully saturated rings. The molecule has 5 aromatic carbocycles. The molecule has 8 aliphatic heterocycles. The van der Waals surface area contributed by atoms with E-state index in [0.29, 0.717) is 0 Å². The van der Waals surface area contributed by atoms with Gasteiger partial charge in [0.25, 0.3) is 0 Å². The van der Waals surface area contributed by atoms with Gasteiger partial charge in [-0.3, -0.25) is 38.4 Å². The van der Waals surface area contributed by atoms with Gasteiger partial charge in [-0.05, 0) is 143 Å². The lowest BCUT2D eigenvalue weighted by atomic mass is 9.86. The smallest absolute Gasteiger partial charge is 0.248 e. The van der Waals surface area contributed by atoms with Gasteiger partial charge in [0.1, 0.15) is 95.5 Å². The van der Waals surface area contributed by atoms with Gasteiger partial charge < -0.3 is 144 Å². The summed E-state index contributed by atoms with van der Waals surface area (Å²) in [5.74, 6) is -14.0. The SMILES string of the molecule is CN[C@H](CC(C)C)C(=O)N[C@H]1C(=O)N[C@@H](CC(N)=O)C(=O)N[C@H]2C(=O)N[C@H]3C(=O)N[C@H](C(=O)N[C@H](C(=O)NC(C)C)c4cc(O)cc(O)c4-c4cc3ccc4O)[C@H](O[C@H]3C[C@](C)(N)[C@@H](O)[C@H](C)O3)c3ccc(cc3)Oc3cc2cc(c3O[C@@H]2O[C@H](CO)[C@@H](O)[C@H](O)[C@H]2O[C@H]2C[C@](C)(N)[C@@H](O)[C@H](C)O2)Oc2ccc(cc2Cl)[C@H]1O. The minimum absolute atomic E-state index is 0.0102. The zero-order chi connectivity index (χ0) is 82.3. The Morgan fingerprint density at radius 1 is 0.664 bits per heavy atom. The van der Waals surface area contributed by atoms with Gasteiger partial charge >= 0.3 is 0 Å². The number of phenolic OH excluding ortho intramolecular Hbond substituents is 3. The number of phenols is 3. The van der Waals surface area contributed by atoms with Gasteiger partial charge in [0, 0.05) is 47.2 Å². The molecule has 13 rings (SSSR count). The van der Waals surface area contributed by atoms with E-state index in [1.165, 1.54) is 71.1 Å². The van der Waals surface area contributed by atoms with Crippen LogP contribution < -0.4 is 73.9 Å². The summed E-state index contributed by atoms with van der Waals surface area (Å²) in [5, 5.41) is 125. The van der Waals surface area contributed by atoms with E-state index in [-0.39, 0.29) is 69.5 Å². The van der Waals surface area contributed by atoms with E-state index >= 15 is 24.0 Å². The maximum atomic E-state index is 16.4. The number of halogens is 1. The van der Waals surface area contributed by atoms with Gasteiger partial charge in [0.2, 0.25) is 59.3 Å². The Morgan fingerprint density at radius 2 is 1.27 bits per heavy atom.